The van der Waals surface area contributed by atoms with Crippen molar-refractivity contribution < 1.29 is 103 Å². The number of aromatic nitrogens is 8. The molecule has 0 saturated carbocycles. The van der Waals surface area contributed by atoms with Gasteiger partial charge in [0.25, 0.3) is 5.89 Å². The molecule has 0 unspecified atom stereocenters. The molecule has 3 aromatic heterocycles. The van der Waals surface area contributed by atoms with Crippen LogP contribution < -0.4 is 59.1 Å². The Morgan fingerprint density at radius 2 is 1.22 bits per heavy atom. The monoisotopic (exact) mass is 723 g/mol. The van der Waals surface area contributed by atoms with Gasteiger partial charge >= 0.3 is 70.3 Å². The number of carbonyl (C=O) groups excluding carboxylic acids is 4. The number of ether oxygens (including phenoxy) is 1. The molecule has 0 aliphatic carbocycles. The van der Waals surface area contributed by atoms with E-state index in [0.29, 0.717) is 17.6 Å². The normalized spacial score (nSPS) is 8.86. The van der Waals surface area contributed by atoms with Gasteiger partial charge in [0.1, 0.15) is 5.89 Å². The van der Waals surface area contributed by atoms with Crippen molar-refractivity contribution in [3.63, 3.8) is 0 Å². The van der Waals surface area contributed by atoms with Gasteiger partial charge in [-0.3, -0.25) is 9.59 Å². The number of ketones is 1. The Hall–Kier alpha value is -4.30. The maximum absolute atomic E-state index is 10.9. The molecule has 0 atom stereocenters. The first-order valence-electron chi connectivity index (χ1n) is 13.1. The van der Waals surface area contributed by atoms with Crippen LogP contribution in [-0.4, -0.2) is 81.9 Å². The van der Waals surface area contributed by atoms with E-state index >= 15 is 0 Å². The number of halogens is 1. The molecule has 20 heteroatoms. The number of H-pyrrole nitrogens is 1. The summed E-state index contributed by atoms with van der Waals surface area (Å²) in [5.74, 6) is 0.0388. The summed E-state index contributed by atoms with van der Waals surface area (Å²) in [6, 6.07) is 28.2. The second-order valence-electron chi connectivity index (χ2n) is 8.31. The molecule has 0 spiro atoms. The van der Waals surface area contributed by atoms with Crippen LogP contribution in [0.25, 0.3) is 34.3 Å². The SMILES string of the molecule is CC(=O)c1nnc(-c2ccccc2)o1.CCOC(=O)C(=O)Cl.O=[C-]c1nnc(-c2ccccc2)o1.[Na+].[Na+].[OH-].[OH-].c1ccc(-c2nn[nH]n2)cc1. The number of hydrogen-bond donors (Lipinski definition) is 1. The Kier molecular flexibility index (Phi) is 25.4. The third-order valence-corrected chi connectivity index (χ3v) is 5.25. The molecule has 17 nitrogen and oxygen atoms in total. The quantitative estimate of drug-likeness (QED) is 0.0464. The summed E-state index contributed by atoms with van der Waals surface area (Å²) in [5, 5.41) is 27.0. The van der Waals surface area contributed by atoms with Crippen molar-refractivity contribution in [1.29, 1.82) is 0 Å². The third-order valence-electron chi connectivity index (χ3n) is 5.09. The van der Waals surface area contributed by atoms with E-state index in [4.69, 9.17) is 20.4 Å². The molecule has 0 fully saturated rings. The van der Waals surface area contributed by atoms with Crippen molar-refractivity contribution in [3.8, 4) is 34.3 Å². The largest absolute Gasteiger partial charge is 1.00 e. The molecule has 6 rings (SSSR count). The Morgan fingerprint density at radius 3 is 1.58 bits per heavy atom. The molecule has 3 aromatic carbocycles. The standard InChI is InChI=1S/C10H8N2O2.C9H5N2O2.C7H6N4.C4H5ClO3.2Na.2H2O/c1-7(13)9-11-12-10(14-9)8-5-3-2-4-6-8;12-6-8-10-11-9(13-8)7-4-2-1-3-5-7;1-2-4-6(5-3-1)7-8-10-11-9-7;1-2-8-4(7)3(5)6;;;;/h2-6H,1H3;1-5H;1-5H,(H,8,9,10,11);2H2,1H3;;;2*1H2/q;-1;;;2*+1;;/p-2. The van der Waals surface area contributed by atoms with E-state index in [0.717, 1.165) is 16.7 Å². The fourth-order valence-corrected chi connectivity index (χ4v) is 3.14. The Labute approximate surface area is 333 Å². The second kappa shape index (κ2) is 26.6. The third kappa shape index (κ3) is 16.4. The van der Waals surface area contributed by atoms with E-state index in [1.54, 1.807) is 6.92 Å². The van der Waals surface area contributed by atoms with Gasteiger partial charge in [0, 0.05) is 23.6 Å². The molecule has 0 amide bonds. The molecule has 250 valence electrons. The predicted molar refractivity (Wildman–Crippen MR) is 165 cm³/mol. The van der Waals surface area contributed by atoms with Crippen molar-refractivity contribution in [2.45, 2.75) is 13.8 Å². The van der Waals surface area contributed by atoms with Crippen molar-refractivity contribution in [1.82, 2.24) is 41.0 Å². The van der Waals surface area contributed by atoms with Crippen molar-refractivity contribution in [2.24, 2.45) is 0 Å². The van der Waals surface area contributed by atoms with E-state index in [1.807, 2.05) is 91.0 Å². The van der Waals surface area contributed by atoms with Crippen LogP contribution in [0, 0.1) is 0 Å². The summed E-state index contributed by atoms with van der Waals surface area (Å²) in [4.78, 5) is 40.9. The van der Waals surface area contributed by atoms with Crippen molar-refractivity contribution in [3.05, 3.63) is 103 Å². The molecule has 3 heterocycles. The average molecular weight is 724 g/mol. The van der Waals surface area contributed by atoms with Gasteiger partial charge in [-0.05, 0) is 48.0 Å². The predicted octanol–water partition coefficient (Wildman–Crippen LogP) is -2.03. The number of esters is 1. The zero-order chi connectivity index (χ0) is 33.1. The fraction of sp³-hybridized carbons (Fsp3) is 0.100. The number of rotatable bonds is 7. The summed E-state index contributed by atoms with van der Waals surface area (Å²) in [5.41, 5.74) is 2.57. The topological polar surface area (TPSA) is 270 Å². The van der Waals surface area contributed by atoms with E-state index < -0.39 is 11.2 Å². The molecule has 0 bridgehead atoms. The first kappa shape index (κ1) is 47.8. The number of Topliss-reactive ketones (excluding diaryl/α,β-unsaturated/α-hetero) is 1. The Morgan fingerprint density at radius 1 is 0.740 bits per heavy atom. The fourth-order valence-electron chi connectivity index (χ4n) is 3.08. The number of tetrazole rings is 1. The van der Waals surface area contributed by atoms with Crippen LogP contribution in [0.2, 0.25) is 0 Å². The number of benzene rings is 3. The van der Waals surface area contributed by atoms with E-state index in [-0.39, 0.29) is 94.2 Å². The van der Waals surface area contributed by atoms with Gasteiger partial charge in [-0.15, -0.1) is 30.6 Å². The molecule has 3 N–H and O–H groups in total. The molecule has 0 radical (unpaired) electrons. The van der Waals surface area contributed by atoms with Crippen molar-refractivity contribution >= 4 is 34.9 Å². The minimum absolute atomic E-state index is 0. The summed E-state index contributed by atoms with van der Waals surface area (Å²) in [7, 11) is 0. The molecule has 6 aromatic rings. The Bertz CT molecular complexity index is 1810. The summed E-state index contributed by atoms with van der Waals surface area (Å²) >= 11 is 4.69. The number of nitrogens with zero attached hydrogens (tertiary/aromatic N) is 7. The maximum Gasteiger partial charge on any atom is 1.00 e. The minimum Gasteiger partial charge on any atom is -0.870 e. The number of carbonyl (C=O) groups is 3. The van der Waals surface area contributed by atoms with Crippen LogP contribution in [0.15, 0.2) is 99.8 Å². The van der Waals surface area contributed by atoms with Gasteiger partial charge in [-0.1, -0.05) is 66.7 Å². The van der Waals surface area contributed by atoms with E-state index in [9.17, 15) is 19.2 Å². The minimum atomic E-state index is -1.08. The van der Waals surface area contributed by atoms with Crippen LogP contribution in [-0.2, 0) is 19.1 Å². The molecular weight excluding hydrogens is 698 g/mol. The van der Waals surface area contributed by atoms with E-state index in [2.05, 4.69) is 45.8 Å². The first-order chi connectivity index (χ1) is 22.3. The molecule has 0 saturated heterocycles. The zero-order valence-corrected chi connectivity index (χ0v) is 31.9. The average Bonchev–Trinajstić information content (AvgIpc) is 3.90. The molecule has 0 aliphatic heterocycles. The van der Waals surface area contributed by atoms with Gasteiger partial charge < -0.3 is 29.3 Å². The molecule has 50 heavy (non-hydrogen) atoms. The van der Waals surface area contributed by atoms with Crippen LogP contribution in [0.5, 0.6) is 0 Å². The zero-order valence-electron chi connectivity index (χ0n) is 27.1. The van der Waals surface area contributed by atoms with Crippen molar-refractivity contribution in [2.75, 3.05) is 6.61 Å². The number of aromatic amines is 1. The van der Waals surface area contributed by atoms with Gasteiger partial charge in [-0.25, -0.2) is 4.79 Å². The van der Waals surface area contributed by atoms with Crippen LogP contribution in [0.3, 0.4) is 0 Å². The Balaban J connectivity index is 0. The summed E-state index contributed by atoms with van der Waals surface area (Å²) in [6.07, 6.45) is 1.53. The van der Waals surface area contributed by atoms with Gasteiger partial charge in [0.15, 0.2) is 0 Å². The summed E-state index contributed by atoms with van der Waals surface area (Å²) in [6.45, 7) is 3.16. The first-order valence-corrected chi connectivity index (χ1v) is 13.5. The molecule has 0 aliphatic rings. The summed E-state index contributed by atoms with van der Waals surface area (Å²) < 4.78 is 14.3. The molecular formula is C30H26ClN8Na2O9-. The van der Waals surface area contributed by atoms with Gasteiger partial charge in [0.2, 0.25) is 23.4 Å². The van der Waals surface area contributed by atoms with Gasteiger partial charge in [0.05, 0.1) is 6.61 Å². The van der Waals surface area contributed by atoms with Gasteiger partial charge in [-0.2, -0.15) is 11.5 Å². The van der Waals surface area contributed by atoms with Crippen LogP contribution in [0.4, 0.5) is 0 Å². The smallest absolute Gasteiger partial charge is 0.870 e. The van der Waals surface area contributed by atoms with Crippen LogP contribution in [0.1, 0.15) is 30.4 Å². The number of hydrogen-bond acceptors (Lipinski definition) is 16. The number of nitrogens with one attached hydrogen (secondary N) is 1. The second-order valence-corrected chi connectivity index (χ2v) is 8.65. The van der Waals surface area contributed by atoms with E-state index in [1.165, 1.54) is 13.2 Å². The maximum atomic E-state index is 10.9. The van der Waals surface area contributed by atoms with Crippen LogP contribution >= 0.6 is 11.6 Å².